The number of hydrogen-bond acceptors (Lipinski definition) is 4. The Bertz CT molecular complexity index is 470. The van der Waals surface area contributed by atoms with Gasteiger partial charge in [0.05, 0.1) is 12.1 Å². The zero-order chi connectivity index (χ0) is 18.1. The van der Waals surface area contributed by atoms with E-state index in [2.05, 4.69) is 12.2 Å². The Hall–Kier alpha value is -1.72. The van der Waals surface area contributed by atoms with Crippen molar-refractivity contribution in [2.24, 2.45) is 0 Å². The molecule has 3 aliphatic heterocycles. The molecule has 0 aromatic rings. The van der Waals surface area contributed by atoms with E-state index in [9.17, 15) is 9.59 Å². The van der Waals surface area contributed by atoms with Gasteiger partial charge < -0.3 is 19.3 Å². The van der Waals surface area contributed by atoms with Crippen molar-refractivity contribution in [1.29, 1.82) is 0 Å². The fourth-order valence-electron chi connectivity index (χ4n) is 2.95. The number of carbonyl (C=O) groups excluding carboxylic acids is 2. The Balaban J connectivity index is 2.14. The van der Waals surface area contributed by atoms with Crippen LogP contribution in [0.1, 0.15) is 54.4 Å². The first-order valence-electron chi connectivity index (χ1n) is 8.60. The van der Waals surface area contributed by atoms with Crippen LogP contribution in [0.3, 0.4) is 0 Å². The van der Waals surface area contributed by atoms with E-state index in [-0.39, 0.29) is 24.3 Å². The van der Waals surface area contributed by atoms with Crippen LogP contribution in [-0.2, 0) is 9.47 Å². The minimum absolute atomic E-state index is 0.0832. The van der Waals surface area contributed by atoms with Gasteiger partial charge in [-0.3, -0.25) is 0 Å². The van der Waals surface area contributed by atoms with E-state index in [1.54, 1.807) is 9.80 Å². The minimum Gasteiger partial charge on any atom is -0.444 e. The zero-order valence-electron chi connectivity index (χ0n) is 15.7. The lowest BCUT2D eigenvalue weighted by Gasteiger charge is -2.46. The second kappa shape index (κ2) is 6.65. The zero-order valence-corrected chi connectivity index (χ0v) is 15.7. The number of hydrogen-bond donors (Lipinski definition) is 0. The van der Waals surface area contributed by atoms with Gasteiger partial charge in [0.2, 0.25) is 0 Å². The van der Waals surface area contributed by atoms with Crippen molar-refractivity contribution < 1.29 is 19.1 Å². The first-order valence-corrected chi connectivity index (χ1v) is 8.60. The van der Waals surface area contributed by atoms with Gasteiger partial charge in [-0.2, -0.15) is 0 Å². The minimum atomic E-state index is -0.528. The number of fused-ring (bicyclic) bond motifs is 4. The van der Waals surface area contributed by atoms with Gasteiger partial charge in [0.25, 0.3) is 0 Å². The largest absolute Gasteiger partial charge is 0.444 e. The van der Waals surface area contributed by atoms with Crippen LogP contribution >= 0.6 is 0 Å². The van der Waals surface area contributed by atoms with E-state index < -0.39 is 11.2 Å². The molecule has 2 atom stereocenters. The van der Waals surface area contributed by atoms with Crippen molar-refractivity contribution in [2.75, 3.05) is 13.1 Å². The third-order valence-electron chi connectivity index (χ3n) is 3.94. The van der Waals surface area contributed by atoms with Gasteiger partial charge in [-0.25, -0.2) is 9.59 Å². The number of amides is 2. The van der Waals surface area contributed by atoms with Gasteiger partial charge in [-0.15, -0.1) is 0 Å². The Morgan fingerprint density at radius 3 is 1.42 bits per heavy atom. The van der Waals surface area contributed by atoms with Crippen LogP contribution in [0.2, 0.25) is 0 Å². The summed E-state index contributed by atoms with van der Waals surface area (Å²) < 4.78 is 11.1. The topological polar surface area (TPSA) is 59.1 Å². The monoisotopic (exact) mass is 338 g/mol. The average Bonchev–Trinajstić information content (AvgIpc) is 2.33. The summed E-state index contributed by atoms with van der Waals surface area (Å²) in [6.45, 7) is 12.1. The molecule has 0 saturated carbocycles. The second-order valence-electron chi connectivity index (χ2n) is 8.52. The summed E-state index contributed by atoms with van der Waals surface area (Å²) in [6.07, 6.45) is 4.98. The van der Waals surface area contributed by atoms with E-state index in [0.29, 0.717) is 25.9 Å². The van der Waals surface area contributed by atoms with Crippen LogP contribution in [0.15, 0.2) is 12.2 Å². The molecule has 3 rings (SSSR count). The average molecular weight is 338 g/mol. The van der Waals surface area contributed by atoms with Crippen molar-refractivity contribution in [3.05, 3.63) is 12.2 Å². The van der Waals surface area contributed by atoms with E-state index in [4.69, 9.17) is 9.47 Å². The first kappa shape index (κ1) is 18.6. The molecule has 3 heterocycles. The van der Waals surface area contributed by atoms with E-state index in [0.717, 1.165) is 0 Å². The first-order chi connectivity index (χ1) is 11.0. The molecular weight excluding hydrogens is 308 g/mol. The maximum absolute atomic E-state index is 12.5. The molecule has 0 radical (unpaired) electrons. The molecule has 6 heteroatoms. The van der Waals surface area contributed by atoms with Gasteiger partial charge in [0.1, 0.15) is 11.2 Å². The Kier molecular flexibility index (Phi) is 5.16. The van der Waals surface area contributed by atoms with Crippen molar-refractivity contribution >= 4 is 12.2 Å². The van der Waals surface area contributed by atoms with Crippen LogP contribution in [0.25, 0.3) is 0 Å². The highest BCUT2D eigenvalue weighted by atomic mass is 16.6. The second-order valence-corrected chi connectivity index (χ2v) is 8.52. The molecule has 0 aromatic carbocycles. The van der Waals surface area contributed by atoms with Crippen molar-refractivity contribution in [3.63, 3.8) is 0 Å². The van der Waals surface area contributed by atoms with Crippen LogP contribution in [0, 0.1) is 0 Å². The van der Waals surface area contributed by atoms with E-state index in [1.165, 1.54) is 0 Å². The molecule has 0 aliphatic carbocycles. The van der Waals surface area contributed by atoms with Crippen LogP contribution < -0.4 is 0 Å². The summed E-state index contributed by atoms with van der Waals surface area (Å²) in [6, 6.07) is -0.166. The van der Waals surface area contributed by atoms with Gasteiger partial charge >= 0.3 is 12.2 Å². The molecule has 2 bridgehead atoms. The third-order valence-corrected chi connectivity index (χ3v) is 3.94. The SMILES string of the molecule is CC(C)(C)OC(=O)N1C[C@H]2C/C=C\C[C@@H]1CN2C(=O)OC(C)(C)C. The summed E-state index contributed by atoms with van der Waals surface area (Å²) >= 11 is 0. The number of carbonyl (C=O) groups is 2. The molecule has 2 amide bonds. The fourth-order valence-corrected chi connectivity index (χ4v) is 2.95. The van der Waals surface area contributed by atoms with E-state index >= 15 is 0 Å². The summed E-state index contributed by atoms with van der Waals surface area (Å²) in [7, 11) is 0. The number of piperazine rings is 1. The van der Waals surface area contributed by atoms with Gasteiger partial charge in [-0.1, -0.05) is 12.2 Å². The highest BCUT2D eigenvalue weighted by Gasteiger charge is 2.41. The molecule has 0 unspecified atom stereocenters. The smallest absolute Gasteiger partial charge is 0.410 e. The lowest BCUT2D eigenvalue weighted by molar-refractivity contribution is -0.0306. The molecule has 24 heavy (non-hydrogen) atoms. The number of ether oxygens (including phenoxy) is 2. The lowest BCUT2D eigenvalue weighted by Crippen LogP contribution is -2.62. The predicted molar refractivity (Wildman–Crippen MR) is 91.8 cm³/mol. The molecule has 1 saturated heterocycles. The van der Waals surface area contributed by atoms with Gasteiger partial charge in [-0.05, 0) is 54.4 Å². The van der Waals surface area contributed by atoms with E-state index in [1.807, 2.05) is 41.5 Å². The summed E-state index contributed by atoms with van der Waals surface area (Å²) in [5.41, 5.74) is -1.06. The van der Waals surface area contributed by atoms with Gasteiger partial charge in [0.15, 0.2) is 0 Å². The Labute approximate surface area is 144 Å². The summed E-state index contributed by atoms with van der Waals surface area (Å²) in [5.74, 6) is 0. The molecule has 0 aromatic heterocycles. The number of nitrogens with zero attached hydrogens (tertiary/aromatic N) is 2. The highest BCUT2D eigenvalue weighted by Crippen LogP contribution is 2.27. The highest BCUT2D eigenvalue weighted by molar-refractivity contribution is 5.72. The summed E-state index contributed by atoms with van der Waals surface area (Å²) in [5, 5.41) is 0. The van der Waals surface area contributed by atoms with Crippen LogP contribution in [0.5, 0.6) is 0 Å². The molecule has 136 valence electrons. The quantitative estimate of drug-likeness (QED) is 0.634. The standard InChI is InChI=1S/C18H30N2O4/c1-17(2,3)23-15(21)19-11-14-10-8-7-9-13(19)12-20(14)16(22)24-18(4,5)6/h7-8,13-14H,9-12H2,1-6H3/b8-7-/t13-,14-/m1/s1. The van der Waals surface area contributed by atoms with Crippen LogP contribution in [-0.4, -0.2) is 58.4 Å². The molecular formula is C18H30N2O4. The van der Waals surface area contributed by atoms with Crippen molar-refractivity contribution in [2.45, 2.75) is 77.7 Å². The van der Waals surface area contributed by atoms with Crippen LogP contribution in [0.4, 0.5) is 9.59 Å². The van der Waals surface area contributed by atoms with Crippen molar-refractivity contribution in [3.8, 4) is 0 Å². The normalized spacial score (nSPS) is 25.8. The summed E-state index contributed by atoms with van der Waals surface area (Å²) in [4.78, 5) is 28.6. The maximum atomic E-state index is 12.5. The number of rotatable bonds is 0. The van der Waals surface area contributed by atoms with Crippen molar-refractivity contribution in [1.82, 2.24) is 9.80 Å². The molecule has 1 fully saturated rings. The van der Waals surface area contributed by atoms with Gasteiger partial charge in [0, 0.05) is 13.1 Å². The molecule has 6 nitrogen and oxygen atoms in total. The lowest BCUT2D eigenvalue weighted by atomic mass is 9.98. The maximum Gasteiger partial charge on any atom is 0.410 e. The Morgan fingerprint density at radius 2 is 1.12 bits per heavy atom. The predicted octanol–water partition coefficient (Wildman–Crippen LogP) is 3.56. The Morgan fingerprint density at radius 1 is 0.792 bits per heavy atom. The molecule has 0 spiro atoms. The molecule has 3 aliphatic rings. The fraction of sp³-hybridized carbons (Fsp3) is 0.778. The molecule has 0 N–H and O–H groups in total. The third kappa shape index (κ3) is 4.89.